The zero-order valence-corrected chi connectivity index (χ0v) is 9.33. The molecule has 2 nitrogen and oxygen atoms in total. The first kappa shape index (κ1) is 9.87. The molecule has 0 bridgehead atoms. The van der Waals surface area contributed by atoms with Crippen molar-refractivity contribution in [3.05, 3.63) is 35.4 Å². The number of carbonyl (C=O) groups is 1. The first-order chi connectivity index (χ1) is 6.72. The van der Waals surface area contributed by atoms with Gasteiger partial charge in [0.15, 0.2) is 5.78 Å². The van der Waals surface area contributed by atoms with Crippen molar-refractivity contribution in [2.45, 2.75) is 17.2 Å². The summed E-state index contributed by atoms with van der Waals surface area (Å²) in [6.07, 6.45) is 1.20. The first-order valence-corrected chi connectivity index (χ1v) is 5.61. The number of benzene rings is 1. The number of alkyl halides is 1. The Bertz CT molecular complexity index is 347. The van der Waals surface area contributed by atoms with E-state index in [1.807, 2.05) is 24.3 Å². The van der Waals surface area contributed by atoms with E-state index in [0.29, 0.717) is 16.3 Å². The molecule has 0 saturated heterocycles. The standard InChI is InChI=1S/C11H12BrNO/c12-10-5-9(10)7-1-3-8(4-2-7)11(14)6-13/h1-4,9-10H,5-6,13H2/t9-,10-/m0/s1. The lowest BCUT2D eigenvalue weighted by molar-refractivity contribution is 0.100. The van der Waals surface area contributed by atoms with Crippen LogP contribution in [0.4, 0.5) is 0 Å². The van der Waals surface area contributed by atoms with E-state index in [9.17, 15) is 4.79 Å². The highest BCUT2D eigenvalue weighted by molar-refractivity contribution is 9.09. The molecule has 0 amide bonds. The third-order valence-corrected chi connectivity index (χ3v) is 3.57. The predicted octanol–water partition coefficient (Wildman–Crippen LogP) is 2.08. The summed E-state index contributed by atoms with van der Waals surface area (Å²) in [5.41, 5.74) is 7.30. The lowest BCUT2D eigenvalue weighted by atomic mass is 10.1. The second-order valence-electron chi connectivity index (χ2n) is 3.61. The maximum Gasteiger partial charge on any atom is 0.176 e. The van der Waals surface area contributed by atoms with Gasteiger partial charge < -0.3 is 5.73 Å². The Morgan fingerprint density at radius 3 is 2.43 bits per heavy atom. The van der Waals surface area contributed by atoms with Gasteiger partial charge in [0.2, 0.25) is 0 Å². The van der Waals surface area contributed by atoms with E-state index in [0.717, 1.165) is 0 Å². The Hall–Kier alpha value is -0.670. The molecule has 0 aromatic heterocycles. The molecule has 1 saturated carbocycles. The maximum absolute atomic E-state index is 11.2. The monoisotopic (exact) mass is 253 g/mol. The van der Waals surface area contributed by atoms with Crippen LogP contribution in [0.1, 0.15) is 28.3 Å². The fraction of sp³-hybridized carbons (Fsp3) is 0.364. The number of Topliss-reactive ketones (excluding diaryl/α,β-unsaturated/α-hetero) is 1. The fourth-order valence-corrected chi connectivity index (χ4v) is 2.25. The van der Waals surface area contributed by atoms with Crippen LogP contribution in [0.2, 0.25) is 0 Å². The molecule has 0 radical (unpaired) electrons. The van der Waals surface area contributed by atoms with Crippen LogP contribution < -0.4 is 5.73 Å². The summed E-state index contributed by atoms with van der Waals surface area (Å²) in [6.45, 7) is 0.0871. The van der Waals surface area contributed by atoms with Crippen LogP contribution in [0.15, 0.2) is 24.3 Å². The molecule has 0 aliphatic heterocycles. The van der Waals surface area contributed by atoms with Gasteiger partial charge in [0, 0.05) is 10.4 Å². The van der Waals surface area contributed by atoms with Gasteiger partial charge in [-0.05, 0) is 17.9 Å². The average molecular weight is 254 g/mol. The van der Waals surface area contributed by atoms with Gasteiger partial charge in [-0.3, -0.25) is 4.79 Å². The van der Waals surface area contributed by atoms with Crippen molar-refractivity contribution in [3.63, 3.8) is 0 Å². The molecule has 0 spiro atoms. The summed E-state index contributed by atoms with van der Waals surface area (Å²) in [5, 5.41) is 0. The van der Waals surface area contributed by atoms with Gasteiger partial charge >= 0.3 is 0 Å². The molecule has 2 N–H and O–H groups in total. The average Bonchev–Trinajstić information content (AvgIpc) is 2.95. The number of carbonyl (C=O) groups excluding carboxylic acids is 1. The van der Waals surface area contributed by atoms with Crippen molar-refractivity contribution in [1.29, 1.82) is 0 Å². The van der Waals surface area contributed by atoms with Crippen LogP contribution in [0.25, 0.3) is 0 Å². The number of halogens is 1. The van der Waals surface area contributed by atoms with Crippen LogP contribution in [-0.4, -0.2) is 17.2 Å². The molecule has 0 heterocycles. The van der Waals surface area contributed by atoms with E-state index in [2.05, 4.69) is 15.9 Å². The molecule has 1 aromatic carbocycles. The number of rotatable bonds is 3. The molecule has 14 heavy (non-hydrogen) atoms. The minimum absolute atomic E-state index is 0.00254. The summed E-state index contributed by atoms with van der Waals surface area (Å²) in [4.78, 5) is 11.9. The van der Waals surface area contributed by atoms with E-state index in [1.54, 1.807) is 0 Å². The van der Waals surface area contributed by atoms with Crippen LogP contribution in [0.5, 0.6) is 0 Å². The van der Waals surface area contributed by atoms with Crippen molar-refractivity contribution in [2.24, 2.45) is 5.73 Å². The van der Waals surface area contributed by atoms with Crippen molar-refractivity contribution in [1.82, 2.24) is 0 Å². The molecule has 2 atom stereocenters. The minimum atomic E-state index is 0.00254. The van der Waals surface area contributed by atoms with Gasteiger partial charge in [-0.1, -0.05) is 40.2 Å². The van der Waals surface area contributed by atoms with Crippen molar-refractivity contribution in [3.8, 4) is 0 Å². The highest BCUT2D eigenvalue weighted by Gasteiger charge is 2.35. The van der Waals surface area contributed by atoms with Gasteiger partial charge in [0.25, 0.3) is 0 Å². The molecule has 1 aliphatic rings. The Kier molecular flexibility index (Phi) is 2.70. The third kappa shape index (κ3) is 1.88. The SMILES string of the molecule is NCC(=O)c1ccc([C@@H]2C[C@@H]2Br)cc1. The molecular formula is C11H12BrNO. The summed E-state index contributed by atoms with van der Waals surface area (Å²) >= 11 is 3.56. The van der Waals surface area contributed by atoms with Crippen molar-refractivity contribution >= 4 is 21.7 Å². The zero-order valence-electron chi connectivity index (χ0n) is 7.74. The number of nitrogens with two attached hydrogens (primary N) is 1. The van der Waals surface area contributed by atoms with Gasteiger partial charge in [0.05, 0.1) is 6.54 Å². The molecule has 74 valence electrons. The summed E-state index contributed by atoms with van der Waals surface area (Å²) in [7, 11) is 0. The fourth-order valence-electron chi connectivity index (χ4n) is 1.54. The lowest BCUT2D eigenvalue weighted by Crippen LogP contribution is -2.13. The van der Waals surface area contributed by atoms with E-state index in [1.165, 1.54) is 12.0 Å². The second-order valence-corrected chi connectivity index (χ2v) is 4.78. The summed E-state index contributed by atoms with van der Waals surface area (Å²) < 4.78 is 0. The molecule has 1 aromatic rings. The van der Waals surface area contributed by atoms with E-state index in [-0.39, 0.29) is 12.3 Å². The Morgan fingerprint density at radius 1 is 1.43 bits per heavy atom. The van der Waals surface area contributed by atoms with Crippen LogP contribution in [-0.2, 0) is 0 Å². The van der Waals surface area contributed by atoms with Crippen LogP contribution >= 0.6 is 15.9 Å². The Balaban J connectivity index is 2.14. The highest BCUT2D eigenvalue weighted by Crippen LogP contribution is 2.46. The minimum Gasteiger partial charge on any atom is -0.324 e. The van der Waals surface area contributed by atoms with Gasteiger partial charge in [-0.2, -0.15) is 0 Å². The molecule has 3 heteroatoms. The van der Waals surface area contributed by atoms with Crippen LogP contribution in [0, 0.1) is 0 Å². The van der Waals surface area contributed by atoms with Gasteiger partial charge in [-0.25, -0.2) is 0 Å². The highest BCUT2D eigenvalue weighted by atomic mass is 79.9. The quantitative estimate of drug-likeness (QED) is 0.662. The maximum atomic E-state index is 11.2. The normalized spacial score (nSPS) is 24.7. The zero-order chi connectivity index (χ0) is 10.1. The third-order valence-electron chi connectivity index (χ3n) is 2.56. The Labute approximate surface area is 91.6 Å². The molecular weight excluding hydrogens is 242 g/mol. The van der Waals surface area contributed by atoms with Gasteiger partial charge in [0.1, 0.15) is 0 Å². The molecule has 0 unspecified atom stereocenters. The van der Waals surface area contributed by atoms with Crippen molar-refractivity contribution in [2.75, 3.05) is 6.54 Å². The Morgan fingerprint density at radius 2 is 2.00 bits per heavy atom. The van der Waals surface area contributed by atoms with Crippen molar-refractivity contribution < 1.29 is 4.79 Å². The number of ketones is 1. The molecule has 2 rings (SSSR count). The van der Waals surface area contributed by atoms with Crippen LogP contribution in [0.3, 0.4) is 0 Å². The lowest BCUT2D eigenvalue weighted by Gasteiger charge is -2.00. The topological polar surface area (TPSA) is 43.1 Å². The number of hydrogen-bond acceptors (Lipinski definition) is 2. The smallest absolute Gasteiger partial charge is 0.176 e. The molecule has 1 fully saturated rings. The summed E-state index contributed by atoms with van der Waals surface area (Å²) in [6, 6.07) is 7.77. The second kappa shape index (κ2) is 3.83. The van der Waals surface area contributed by atoms with E-state index < -0.39 is 0 Å². The van der Waals surface area contributed by atoms with E-state index >= 15 is 0 Å². The first-order valence-electron chi connectivity index (χ1n) is 4.69. The molecule has 1 aliphatic carbocycles. The largest absolute Gasteiger partial charge is 0.324 e. The van der Waals surface area contributed by atoms with Gasteiger partial charge in [-0.15, -0.1) is 0 Å². The number of hydrogen-bond donors (Lipinski definition) is 1. The van der Waals surface area contributed by atoms with E-state index in [4.69, 9.17) is 5.73 Å². The predicted molar refractivity (Wildman–Crippen MR) is 59.9 cm³/mol. The summed E-state index contributed by atoms with van der Waals surface area (Å²) in [5.74, 6) is 0.639.